The van der Waals surface area contributed by atoms with Gasteiger partial charge in [0.15, 0.2) is 0 Å². The first kappa shape index (κ1) is 15.3. The van der Waals surface area contributed by atoms with Crippen LogP contribution in [0.2, 0.25) is 0 Å². The van der Waals surface area contributed by atoms with E-state index in [0.717, 1.165) is 42.4 Å². The number of halogens is 1. The SMILES string of the molecule is N#Cc1ccc(NCCOC2CCC(N)CC2)cc1Br. The van der Waals surface area contributed by atoms with E-state index in [1.165, 1.54) is 0 Å². The van der Waals surface area contributed by atoms with Crippen LogP contribution in [0.25, 0.3) is 0 Å². The lowest BCUT2D eigenvalue weighted by atomic mass is 9.94. The van der Waals surface area contributed by atoms with Crippen molar-refractivity contribution < 1.29 is 4.74 Å². The van der Waals surface area contributed by atoms with Gasteiger partial charge in [0.1, 0.15) is 6.07 Å². The molecule has 1 aliphatic carbocycles. The normalized spacial score (nSPS) is 22.2. The fourth-order valence-electron chi connectivity index (χ4n) is 2.39. The van der Waals surface area contributed by atoms with Gasteiger partial charge in [0.2, 0.25) is 0 Å². The Bertz CT molecular complexity index is 478. The number of nitrogens with two attached hydrogens (primary N) is 1. The number of hydrogen-bond donors (Lipinski definition) is 2. The fourth-order valence-corrected chi connectivity index (χ4v) is 2.86. The molecule has 108 valence electrons. The molecule has 1 fully saturated rings. The van der Waals surface area contributed by atoms with Crippen LogP contribution in [0.3, 0.4) is 0 Å². The van der Waals surface area contributed by atoms with E-state index in [9.17, 15) is 0 Å². The Morgan fingerprint density at radius 3 is 2.75 bits per heavy atom. The summed E-state index contributed by atoms with van der Waals surface area (Å²) in [5.41, 5.74) is 7.51. The van der Waals surface area contributed by atoms with Crippen LogP contribution in [0.4, 0.5) is 5.69 Å². The summed E-state index contributed by atoms with van der Waals surface area (Å²) < 4.78 is 6.66. The summed E-state index contributed by atoms with van der Waals surface area (Å²) in [7, 11) is 0. The highest BCUT2D eigenvalue weighted by Crippen LogP contribution is 2.21. The first-order valence-electron chi connectivity index (χ1n) is 6.99. The van der Waals surface area contributed by atoms with Gasteiger partial charge in [-0.2, -0.15) is 5.26 Å². The molecule has 0 unspecified atom stereocenters. The predicted octanol–water partition coefficient (Wildman–Crippen LogP) is 3.02. The summed E-state index contributed by atoms with van der Waals surface area (Å²) in [6.45, 7) is 1.46. The van der Waals surface area contributed by atoms with Crippen LogP contribution in [0, 0.1) is 11.3 Å². The van der Waals surface area contributed by atoms with Gasteiger partial charge in [-0.25, -0.2) is 0 Å². The lowest BCUT2D eigenvalue weighted by Gasteiger charge is -2.26. The Balaban J connectivity index is 1.68. The fraction of sp³-hybridized carbons (Fsp3) is 0.533. The molecule has 1 aromatic carbocycles. The van der Waals surface area contributed by atoms with E-state index < -0.39 is 0 Å². The molecule has 0 aromatic heterocycles. The third kappa shape index (κ3) is 4.48. The van der Waals surface area contributed by atoms with Gasteiger partial charge in [0, 0.05) is 22.7 Å². The van der Waals surface area contributed by atoms with Crippen molar-refractivity contribution in [3.05, 3.63) is 28.2 Å². The Morgan fingerprint density at radius 2 is 2.10 bits per heavy atom. The van der Waals surface area contributed by atoms with Gasteiger partial charge in [0.05, 0.1) is 18.3 Å². The van der Waals surface area contributed by atoms with E-state index in [1.807, 2.05) is 12.1 Å². The number of ether oxygens (including phenoxy) is 1. The van der Waals surface area contributed by atoms with E-state index in [0.29, 0.717) is 24.3 Å². The monoisotopic (exact) mass is 337 g/mol. The lowest BCUT2D eigenvalue weighted by Crippen LogP contribution is -2.31. The van der Waals surface area contributed by atoms with Crippen molar-refractivity contribution in [3.63, 3.8) is 0 Å². The highest BCUT2D eigenvalue weighted by Gasteiger charge is 2.18. The molecule has 2 rings (SSSR count). The Morgan fingerprint density at radius 1 is 1.35 bits per heavy atom. The zero-order valence-corrected chi connectivity index (χ0v) is 13.0. The first-order chi connectivity index (χ1) is 9.69. The van der Waals surface area contributed by atoms with Crippen LogP contribution < -0.4 is 11.1 Å². The maximum Gasteiger partial charge on any atom is 0.100 e. The Kier molecular flexibility index (Phi) is 5.84. The zero-order chi connectivity index (χ0) is 14.4. The van der Waals surface area contributed by atoms with Gasteiger partial charge >= 0.3 is 0 Å². The Labute approximate surface area is 128 Å². The lowest BCUT2D eigenvalue weighted by molar-refractivity contribution is 0.0313. The van der Waals surface area contributed by atoms with E-state index >= 15 is 0 Å². The summed E-state index contributed by atoms with van der Waals surface area (Å²) in [6.07, 6.45) is 4.65. The third-order valence-corrected chi connectivity index (χ3v) is 4.25. The number of nitrogens with zero attached hydrogens (tertiary/aromatic N) is 1. The minimum Gasteiger partial charge on any atom is -0.383 e. The molecule has 0 aliphatic heterocycles. The van der Waals surface area contributed by atoms with Crippen molar-refractivity contribution >= 4 is 21.6 Å². The summed E-state index contributed by atoms with van der Waals surface area (Å²) in [5, 5.41) is 12.2. The highest BCUT2D eigenvalue weighted by atomic mass is 79.9. The van der Waals surface area contributed by atoms with Gasteiger partial charge in [-0.05, 0) is 59.8 Å². The summed E-state index contributed by atoms with van der Waals surface area (Å²) in [6, 6.07) is 8.11. The Hall–Kier alpha value is -1.09. The van der Waals surface area contributed by atoms with Crippen molar-refractivity contribution in [1.82, 2.24) is 0 Å². The van der Waals surface area contributed by atoms with E-state index in [-0.39, 0.29) is 0 Å². The second-order valence-electron chi connectivity index (χ2n) is 5.14. The van der Waals surface area contributed by atoms with Crippen molar-refractivity contribution in [2.24, 2.45) is 5.73 Å². The molecule has 0 amide bonds. The molecule has 0 saturated heterocycles. The van der Waals surface area contributed by atoms with Gasteiger partial charge in [0.25, 0.3) is 0 Å². The van der Waals surface area contributed by atoms with E-state index in [1.54, 1.807) is 6.07 Å². The molecule has 5 heteroatoms. The van der Waals surface area contributed by atoms with Crippen molar-refractivity contribution in [3.8, 4) is 6.07 Å². The second kappa shape index (κ2) is 7.63. The average Bonchev–Trinajstić information content (AvgIpc) is 2.46. The molecule has 4 nitrogen and oxygen atoms in total. The summed E-state index contributed by atoms with van der Waals surface area (Å²) in [5.74, 6) is 0. The van der Waals surface area contributed by atoms with Crippen LogP contribution in [0.5, 0.6) is 0 Å². The predicted molar refractivity (Wildman–Crippen MR) is 83.5 cm³/mol. The molecule has 0 radical (unpaired) electrons. The minimum absolute atomic E-state index is 0.365. The maximum atomic E-state index is 8.86. The van der Waals surface area contributed by atoms with Crippen LogP contribution >= 0.6 is 15.9 Å². The molecular formula is C15H20BrN3O. The number of hydrogen-bond acceptors (Lipinski definition) is 4. The van der Waals surface area contributed by atoms with Crippen molar-refractivity contribution in [2.45, 2.75) is 37.8 Å². The quantitative estimate of drug-likeness (QED) is 0.810. The van der Waals surface area contributed by atoms with Gasteiger partial charge in [-0.3, -0.25) is 0 Å². The van der Waals surface area contributed by atoms with Crippen LogP contribution in [-0.4, -0.2) is 25.3 Å². The maximum absolute atomic E-state index is 8.86. The molecule has 1 aromatic rings. The topological polar surface area (TPSA) is 71.1 Å². The largest absolute Gasteiger partial charge is 0.383 e. The second-order valence-corrected chi connectivity index (χ2v) is 6.00. The molecule has 0 spiro atoms. The van der Waals surface area contributed by atoms with Crippen molar-refractivity contribution in [1.29, 1.82) is 5.26 Å². The van der Waals surface area contributed by atoms with Crippen molar-refractivity contribution in [2.75, 3.05) is 18.5 Å². The molecule has 1 aliphatic rings. The van der Waals surface area contributed by atoms with E-state index in [4.69, 9.17) is 15.7 Å². The minimum atomic E-state index is 0.365. The van der Waals surface area contributed by atoms with E-state index in [2.05, 4.69) is 27.3 Å². The third-order valence-electron chi connectivity index (χ3n) is 3.59. The first-order valence-corrected chi connectivity index (χ1v) is 7.79. The van der Waals surface area contributed by atoms with Gasteiger partial charge < -0.3 is 15.8 Å². The molecule has 1 saturated carbocycles. The number of nitrogens with one attached hydrogen (secondary N) is 1. The molecular weight excluding hydrogens is 318 g/mol. The number of nitriles is 1. The molecule has 0 bridgehead atoms. The average molecular weight is 338 g/mol. The standard InChI is InChI=1S/C15H20BrN3O/c16-15-9-13(4-1-11(15)10-17)19-7-8-20-14-5-2-12(18)3-6-14/h1,4,9,12,14,19H,2-3,5-8,18H2. The number of anilines is 1. The highest BCUT2D eigenvalue weighted by molar-refractivity contribution is 9.10. The van der Waals surface area contributed by atoms with Crippen LogP contribution in [0.15, 0.2) is 22.7 Å². The van der Waals surface area contributed by atoms with Crippen LogP contribution in [-0.2, 0) is 4.74 Å². The zero-order valence-electron chi connectivity index (χ0n) is 11.4. The van der Waals surface area contributed by atoms with Gasteiger partial charge in [-0.15, -0.1) is 0 Å². The van der Waals surface area contributed by atoms with Crippen LogP contribution in [0.1, 0.15) is 31.2 Å². The molecule has 3 N–H and O–H groups in total. The number of rotatable bonds is 5. The number of benzene rings is 1. The molecule has 20 heavy (non-hydrogen) atoms. The van der Waals surface area contributed by atoms with Gasteiger partial charge in [-0.1, -0.05) is 0 Å². The molecule has 0 atom stereocenters. The summed E-state index contributed by atoms with van der Waals surface area (Å²) >= 11 is 3.38. The summed E-state index contributed by atoms with van der Waals surface area (Å²) in [4.78, 5) is 0. The smallest absolute Gasteiger partial charge is 0.100 e. The molecule has 0 heterocycles.